The summed E-state index contributed by atoms with van der Waals surface area (Å²) in [4.78, 5) is 12.6. The number of hydrogen-bond donors (Lipinski definition) is 0. The fourth-order valence-electron chi connectivity index (χ4n) is 4.20. The molecular formula is C17H29BrO. The number of fused-ring (bicyclic) bond motifs is 1. The summed E-state index contributed by atoms with van der Waals surface area (Å²) in [6.07, 6.45) is 10.9. The molecule has 0 amide bonds. The van der Waals surface area contributed by atoms with Crippen molar-refractivity contribution in [2.24, 2.45) is 17.3 Å². The summed E-state index contributed by atoms with van der Waals surface area (Å²) in [5.74, 6) is 1.65. The van der Waals surface area contributed by atoms with Crippen LogP contribution in [0.2, 0.25) is 0 Å². The molecular weight excluding hydrogens is 300 g/mol. The van der Waals surface area contributed by atoms with E-state index in [1.54, 1.807) is 5.57 Å². The largest absolute Gasteiger partial charge is 0.303 e. The molecule has 0 heterocycles. The lowest BCUT2D eigenvalue weighted by Crippen LogP contribution is -2.33. The number of carbonyl (C=O) groups is 1. The van der Waals surface area contributed by atoms with E-state index < -0.39 is 0 Å². The van der Waals surface area contributed by atoms with Crippen LogP contribution in [0.3, 0.4) is 0 Å². The van der Waals surface area contributed by atoms with Crippen LogP contribution in [0.15, 0.2) is 10.6 Å². The van der Waals surface area contributed by atoms with Gasteiger partial charge >= 0.3 is 0 Å². The van der Waals surface area contributed by atoms with Crippen LogP contribution in [-0.2, 0) is 4.79 Å². The van der Waals surface area contributed by atoms with E-state index in [1.807, 2.05) is 13.8 Å². The van der Waals surface area contributed by atoms with Gasteiger partial charge in [0.25, 0.3) is 0 Å². The van der Waals surface area contributed by atoms with Crippen molar-refractivity contribution in [2.45, 2.75) is 72.1 Å². The van der Waals surface area contributed by atoms with Crippen LogP contribution in [0, 0.1) is 17.3 Å². The quantitative estimate of drug-likeness (QED) is 0.465. The van der Waals surface area contributed by atoms with E-state index in [2.05, 4.69) is 27.8 Å². The van der Waals surface area contributed by atoms with Gasteiger partial charge in [-0.1, -0.05) is 42.3 Å². The van der Waals surface area contributed by atoms with Crippen molar-refractivity contribution in [3.05, 3.63) is 10.6 Å². The molecule has 0 spiro atoms. The number of unbranched alkanes of at least 4 members (excludes halogenated alkanes) is 1. The highest BCUT2D eigenvalue weighted by Crippen LogP contribution is 2.58. The van der Waals surface area contributed by atoms with E-state index in [9.17, 15) is 4.79 Å². The Balaban J connectivity index is 0.000000861. The molecule has 3 unspecified atom stereocenters. The molecule has 1 nitrogen and oxygen atoms in total. The number of halogens is 1. The molecule has 19 heavy (non-hydrogen) atoms. The predicted molar refractivity (Wildman–Crippen MR) is 86.4 cm³/mol. The first-order valence-electron chi connectivity index (χ1n) is 7.95. The van der Waals surface area contributed by atoms with Crippen molar-refractivity contribution in [1.82, 2.24) is 0 Å². The van der Waals surface area contributed by atoms with Gasteiger partial charge in [-0.3, -0.25) is 0 Å². The normalized spacial score (nSPS) is 35.5. The molecule has 0 radical (unpaired) electrons. The molecule has 2 fully saturated rings. The maximum absolute atomic E-state index is 10.4. The van der Waals surface area contributed by atoms with Crippen LogP contribution in [0.1, 0.15) is 72.1 Å². The third-order valence-electron chi connectivity index (χ3n) is 5.18. The van der Waals surface area contributed by atoms with Gasteiger partial charge in [-0.15, -0.1) is 0 Å². The minimum absolute atomic E-state index is 0.515. The molecule has 2 heteroatoms. The van der Waals surface area contributed by atoms with E-state index in [4.69, 9.17) is 0 Å². The lowest BCUT2D eigenvalue weighted by Gasteiger charge is -2.42. The van der Waals surface area contributed by atoms with Crippen molar-refractivity contribution >= 4 is 22.2 Å². The minimum Gasteiger partial charge on any atom is -0.303 e. The van der Waals surface area contributed by atoms with E-state index in [1.165, 1.54) is 38.5 Å². The summed E-state index contributed by atoms with van der Waals surface area (Å²) < 4.78 is 0. The molecule has 0 aromatic carbocycles. The zero-order valence-electron chi connectivity index (χ0n) is 12.8. The van der Waals surface area contributed by atoms with E-state index in [0.717, 1.165) is 31.0 Å². The molecule has 0 N–H and O–H groups in total. The Hall–Kier alpha value is -0.110. The summed E-state index contributed by atoms with van der Waals surface area (Å²) in [7, 11) is 0. The summed E-state index contributed by atoms with van der Waals surface area (Å²) >= 11 is 3.55. The third-order valence-corrected chi connectivity index (χ3v) is 5.76. The SMILES string of the molecule is CC.CC12CCC/C(=C\Br)C1CCC2CCCC=O. The third kappa shape index (κ3) is 3.71. The van der Waals surface area contributed by atoms with Crippen molar-refractivity contribution in [3.63, 3.8) is 0 Å². The van der Waals surface area contributed by atoms with Crippen LogP contribution in [0.5, 0.6) is 0 Å². The number of aldehydes is 1. The Kier molecular flexibility index (Phi) is 7.35. The smallest absolute Gasteiger partial charge is 0.119 e. The molecule has 0 bridgehead atoms. The van der Waals surface area contributed by atoms with Gasteiger partial charge in [0.05, 0.1) is 0 Å². The van der Waals surface area contributed by atoms with Crippen LogP contribution in [0.25, 0.3) is 0 Å². The molecule has 2 rings (SSSR count). The van der Waals surface area contributed by atoms with E-state index >= 15 is 0 Å². The summed E-state index contributed by atoms with van der Waals surface area (Å²) in [6.45, 7) is 6.49. The Morgan fingerprint density at radius 3 is 2.74 bits per heavy atom. The maximum atomic E-state index is 10.4. The lowest BCUT2D eigenvalue weighted by atomic mass is 9.63. The van der Waals surface area contributed by atoms with Gasteiger partial charge in [0.15, 0.2) is 0 Å². The van der Waals surface area contributed by atoms with Gasteiger partial charge in [0, 0.05) is 6.42 Å². The van der Waals surface area contributed by atoms with Crippen molar-refractivity contribution in [2.75, 3.05) is 0 Å². The van der Waals surface area contributed by atoms with Gasteiger partial charge < -0.3 is 4.79 Å². The number of carbonyl (C=O) groups excluding carboxylic acids is 1. The molecule has 0 aliphatic heterocycles. The highest BCUT2D eigenvalue weighted by Gasteiger charge is 2.48. The fraction of sp³-hybridized carbons (Fsp3) is 0.824. The summed E-state index contributed by atoms with van der Waals surface area (Å²) in [6, 6.07) is 0. The molecule has 0 aromatic heterocycles. The van der Waals surface area contributed by atoms with Gasteiger partial charge in [-0.05, 0) is 67.2 Å². The average Bonchev–Trinajstić information content (AvgIpc) is 2.78. The molecule has 3 atom stereocenters. The second kappa shape index (κ2) is 8.24. The Morgan fingerprint density at radius 2 is 2.11 bits per heavy atom. The molecule has 0 aromatic rings. The number of hydrogen-bond acceptors (Lipinski definition) is 1. The molecule has 2 saturated carbocycles. The predicted octanol–water partition coefficient (Wildman–Crippen LogP) is 5.88. The lowest BCUT2D eigenvalue weighted by molar-refractivity contribution is -0.108. The highest BCUT2D eigenvalue weighted by atomic mass is 79.9. The molecule has 110 valence electrons. The van der Waals surface area contributed by atoms with E-state index in [0.29, 0.717) is 5.41 Å². The Bertz CT molecular complexity index is 310. The number of rotatable bonds is 4. The molecule has 0 saturated heterocycles. The molecule has 2 aliphatic carbocycles. The minimum atomic E-state index is 0.515. The zero-order chi connectivity index (χ0) is 14.3. The maximum Gasteiger partial charge on any atom is 0.119 e. The summed E-state index contributed by atoms with van der Waals surface area (Å²) in [5.41, 5.74) is 2.15. The topological polar surface area (TPSA) is 17.1 Å². The van der Waals surface area contributed by atoms with Crippen molar-refractivity contribution < 1.29 is 4.79 Å². The fourth-order valence-corrected chi connectivity index (χ4v) is 4.75. The van der Waals surface area contributed by atoms with Crippen LogP contribution in [0.4, 0.5) is 0 Å². The Morgan fingerprint density at radius 1 is 1.37 bits per heavy atom. The standard InChI is InChI=1S/C15H23BrO.C2H6/c1-15-9-4-5-12(11-16)14(15)8-7-13(15)6-2-3-10-17;1-2/h10-11,13-14H,2-9H2,1H3;1-2H3/b12-11+;. The average molecular weight is 329 g/mol. The van der Waals surface area contributed by atoms with Gasteiger partial charge in [0.2, 0.25) is 0 Å². The van der Waals surface area contributed by atoms with Gasteiger partial charge in [0.1, 0.15) is 6.29 Å². The van der Waals surface area contributed by atoms with Gasteiger partial charge in [-0.2, -0.15) is 0 Å². The first-order valence-corrected chi connectivity index (χ1v) is 8.86. The highest BCUT2D eigenvalue weighted by molar-refractivity contribution is 9.11. The second-order valence-electron chi connectivity index (χ2n) is 5.97. The van der Waals surface area contributed by atoms with Crippen LogP contribution in [-0.4, -0.2) is 6.29 Å². The first kappa shape index (κ1) is 16.9. The first-order chi connectivity index (χ1) is 9.22. The summed E-state index contributed by atoms with van der Waals surface area (Å²) in [5, 5.41) is 0. The van der Waals surface area contributed by atoms with Crippen molar-refractivity contribution in [1.29, 1.82) is 0 Å². The van der Waals surface area contributed by atoms with Crippen molar-refractivity contribution in [3.8, 4) is 0 Å². The van der Waals surface area contributed by atoms with Crippen LogP contribution >= 0.6 is 15.9 Å². The number of allylic oxidation sites excluding steroid dienone is 1. The van der Waals surface area contributed by atoms with Crippen LogP contribution < -0.4 is 0 Å². The molecule has 2 aliphatic rings. The second-order valence-corrected chi connectivity index (χ2v) is 6.43. The van der Waals surface area contributed by atoms with Gasteiger partial charge in [-0.25, -0.2) is 0 Å². The van der Waals surface area contributed by atoms with E-state index in [-0.39, 0.29) is 0 Å². The Labute approximate surface area is 127 Å². The monoisotopic (exact) mass is 328 g/mol. The zero-order valence-corrected chi connectivity index (χ0v) is 14.3.